The van der Waals surface area contributed by atoms with Crippen molar-refractivity contribution in [2.24, 2.45) is 0 Å². The zero-order valence-electron chi connectivity index (χ0n) is 11.2. The number of benzene rings is 1. The van der Waals surface area contributed by atoms with E-state index in [-0.39, 0.29) is 0 Å². The van der Waals surface area contributed by atoms with E-state index in [2.05, 4.69) is 34.2 Å². The molecule has 3 rings (SSSR count). The third-order valence-corrected chi connectivity index (χ3v) is 2.96. The summed E-state index contributed by atoms with van der Waals surface area (Å²) in [6.07, 6.45) is 4.08. The predicted molar refractivity (Wildman–Crippen MR) is 75.4 cm³/mol. The minimum Gasteiger partial charge on any atom is -0.324 e. The molecule has 0 bridgehead atoms. The molecule has 0 radical (unpaired) electrons. The lowest BCUT2D eigenvalue weighted by molar-refractivity contribution is 0.551. The molecule has 3 aromatic rings. The molecule has 102 valence electrons. The third-order valence-electron chi connectivity index (χ3n) is 2.96. The molecule has 1 N–H and O–H groups in total. The molecule has 0 spiro atoms. The summed E-state index contributed by atoms with van der Waals surface area (Å²) in [5.74, 6) is -0.0915. The van der Waals surface area contributed by atoms with Crippen molar-refractivity contribution < 1.29 is 4.39 Å². The number of rotatable bonds is 3. The van der Waals surface area contributed by atoms with Crippen molar-refractivity contribution in [2.45, 2.75) is 19.9 Å². The van der Waals surface area contributed by atoms with Crippen LogP contribution in [0.15, 0.2) is 36.8 Å². The van der Waals surface area contributed by atoms with Crippen LogP contribution in [-0.2, 0) is 0 Å². The summed E-state index contributed by atoms with van der Waals surface area (Å²) in [5, 5.41) is 8.43. The summed E-state index contributed by atoms with van der Waals surface area (Å²) in [7, 11) is 0. The number of nitrogens with one attached hydrogen (secondary N) is 1. The monoisotopic (exact) mass is 271 g/mol. The van der Waals surface area contributed by atoms with E-state index in [1.807, 2.05) is 29.1 Å². The zero-order chi connectivity index (χ0) is 14.1. The Bertz CT molecular complexity index is 733. The van der Waals surface area contributed by atoms with Crippen molar-refractivity contribution in [1.82, 2.24) is 19.7 Å². The van der Waals surface area contributed by atoms with Gasteiger partial charge in [0.15, 0.2) is 5.82 Å². The summed E-state index contributed by atoms with van der Waals surface area (Å²) < 4.78 is 14.7. The molecule has 0 aliphatic heterocycles. The fourth-order valence-corrected chi connectivity index (χ4v) is 2.05. The van der Waals surface area contributed by atoms with E-state index in [1.165, 1.54) is 0 Å². The third kappa shape index (κ3) is 2.32. The number of aromatic nitrogens is 4. The van der Waals surface area contributed by atoms with E-state index >= 15 is 0 Å². The Hall–Kier alpha value is -2.50. The maximum absolute atomic E-state index is 12.7. The Kier molecular flexibility index (Phi) is 3.06. The Balaban J connectivity index is 1.91. The van der Waals surface area contributed by atoms with Gasteiger partial charge in [0.2, 0.25) is 5.95 Å². The van der Waals surface area contributed by atoms with Crippen molar-refractivity contribution in [3.05, 3.63) is 42.6 Å². The number of anilines is 2. The molecule has 0 unspecified atom stereocenters. The maximum atomic E-state index is 12.7. The van der Waals surface area contributed by atoms with Crippen LogP contribution in [0, 0.1) is 5.82 Å². The van der Waals surface area contributed by atoms with Crippen molar-refractivity contribution in [2.75, 3.05) is 5.32 Å². The van der Waals surface area contributed by atoms with Crippen molar-refractivity contribution in [3.8, 4) is 0 Å². The topological polar surface area (TPSA) is 55.6 Å². The van der Waals surface area contributed by atoms with Crippen LogP contribution in [0.3, 0.4) is 0 Å². The molecule has 0 amide bonds. The molecule has 0 saturated heterocycles. The number of hydrogen-bond acceptors (Lipinski definition) is 4. The van der Waals surface area contributed by atoms with Crippen LogP contribution in [0.1, 0.15) is 19.9 Å². The Labute approximate surface area is 115 Å². The SMILES string of the molecule is CC(C)n1ncc2cc(Nc3ncc(F)cn3)ccc21. The van der Waals surface area contributed by atoms with E-state index < -0.39 is 5.82 Å². The van der Waals surface area contributed by atoms with Gasteiger partial charge in [-0.25, -0.2) is 14.4 Å². The molecule has 0 fully saturated rings. The molecule has 2 heterocycles. The van der Waals surface area contributed by atoms with E-state index in [4.69, 9.17) is 0 Å². The number of fused-ring (bicyclic) bond motifs is 1. The molecule has 1 aromatic carbocycles. The summed E-state index contributed by atoms with van der Waals surface area (Å²) >= 11 is 0. The normalized spacial score (nSPS) is 11.2. The van der Waals surface area contributed by atoms with E-state index in [1.54, 1.807) is 0 Å². The van der Waals surface area contributed by atoms with Crippen LogP contribution in [0.4, 0.5) is 16.0 Å². The molecule has 6 heteroatoms. The zero-order valence-corrected chi connectivity index (χ0v) is 11.2. The molecule has 0 aliphatic rings. The summed E-state index contributed by atoms with van der Waals surface area (Å²) in [4.78, 5) is 7.74. The van der Waals surface area contributed by atoms with Gasteiger partial charge >= 0.3 is 0 Å². The van der Waals surface area contributed by atoms with Crippen LogP contribution in [0.2, 0.25) is 0 Å². The first-order chi connectivity index (χ1) is 9.63. The van der Waals surface area contributed by atoms with Gasteiger partial charge < -0.3 is 5.32 Å². The first-order valence-electron chi connectivity index (χ1n) is 6.35. The lowest BCUT2D eigenvalue weighted by Gasteiger charge is -2.08. The van der Waals surface area contributed by atoms with Gasteiger partial charge in [0.25, 0.3) is 0 Å². The molecule has 20 heavy (non-hydrogen) atoms. The van der Waals surface area contributed by atoms with Crippen LogP contribution in [0.25, 0.3) is 10.9 Å². The molecule has 0 atom stereocenters. The summed E-state index contributed by atoms with van der Waals surface area (Å²) in [6, 6.07) is 6.20. The van der Waals surface area contributed by atoms with Gasteiger partial charge in [-0.15, -0.1) is 0 Å². The highest BCUT2D eigenvalue weighted by atomic mass is 19.1. The van der Waals surface area contributed by atoms with Crippen molar-refractivity contribution in [3.63, 3.8) is 0 Å². The minimum atomic E-state index is -0.454. The Morgan fingerprint density at radius 3 is 2.60 bits per heavy atom. The second-order valence-electron chi connectivity index (χ2n) is 4.81. The van der Waals surface area contributed by atoms with E-state index in [9.17, 15) is 4.39 Å². The van der Waals surface area contributed by atoms with Gasteiger partial charge in [-0.2, -0.15) is 5.10 Å². The highest BCUT2D eigenvalue weighted by molar-refractivity contribution is 5.83. The highest BCUT2D eigenvalue weighted by Crippen LogP contribution is 2.22. The van der Waals surface area contributed by atoms with Crippen LogP contribution >= 0.6 is 0 Å². The lowest BCUT2D eigenvalue weighted by Crippen LogP contribution is -2.02. The molecule has 5 nitrogen and oxygen atoms in total. The average Bonchev–Trinajstić information content (AvgIpc) is 2.84. The molecule has 0 saturated carbocycles. The highest BCUT2D eigenvalue weighted by Gasteiger charge is 2.07. The Morgan fingerprint density at radius 1 is 1.15 bits per heavy atom. The predicted octanol–water partition coefficient (Wildman–Crippen LogP) is 3.29. The second kappa shape index (κ2) is 4.88. The smallest absolute Gasteiger partial charge is 0.227 e. The van der Waals surface area contributed by atoms with Crippen LogP contribution < -0.4 is 5.32 Å². The molecule has 2 aromatic heterocycles. The van der Waals surface area contributed by atoms with E-state index in [0.29, 0.717) is 12.0 Å². The van der Waals surface area contributed by atoms with Gasteiger partial charge in [0, 0.05) is 17.1 Å². The number of halogens is 1. The van der Waals surface area contributed by atoms with Gasteiger partial charge in [-0.05, 0) is 32.0 Å². The fraction of sp³-hybridized carbons (Fsp3) is 0.214. The van der Waals surface area contributed by atoms with E-state index in [0.717, 1.165) is 29.0 Å². The Morgan fingerprint density at radius 2 is 1.90 bits per heavy atom. The lowest BCUT2D eigenvalue weighted by atomic mass is 10.2. The van der Waals surface area contributed by atoms with Crippen molar-refractivity contribution >= 4 is 22.5 Å². The van der Waals surface area contributed by atoms with Gasteiger partial charge in [0.1, 0.15) is 0 Å². The standard InChI is InChI=1S/C14H14FN5/c1-9(2)20-13-4-3-12(5-10(13)6-18-20)19-14-16-7-11(15)8-17-14/h3-9H,1-2H3,(H,16,17,19). The molecular weight excluding hydrogens is 257 g/mol. The second-order valence-corrected chi connectivity index (χ2v) is 4.81. The molecule has 0 aliphatic carbocycles. The average molecular weight is 271 g/mol. The summed E-state index contributed by atoms with van der Waals surface area (Å²) in [5.41, 5.74) is 1.91. The molecular formula is C14H14FN5. The largest absolute Gasteiger partial charge is 0.324 e. The number of hydrogen-bond donors (Lipinski definition) is 1. The first-order valence-corrected chi connectivity index (χ1v) is 6.35. The van der Waals surface area contributed by atoms with Gasteiger partial charge in [-0.3, -0.25) is 4.68 Å². The quantitative estimate of drug-likeness (QED) is 0.794. The minimum absolute atomic E-state index is 0.312. The fourth-order valence-electron chi connectivity index (χ4n) is 2.05. The summed E-state index contributed by atoms with van der Waals surface area (Å²) in [6.45, 7) is 4.18. The van der Waals surface area contributed by atoms with Crippen LogP contribution in [-0.4, -0.2) is 19.7 Å². The van der Waals surface area contributed by atoms with Gasteiger partial charge in [0.05, 0.1) is 24.1 Å². The number of nitrogens with zero attached hydrogens (tertiary/aromatic N) is 4. The maximum Gasteiger partial charge on any atom is 0.227 e. The van der Waals surface area contributed by atoms with Gasteiger partial charge in [-0.1, -0.05) is 0 Å². The first kappa shape index (κ1) is 12.5. The van der Waals surface area contributed by atoms with Crippen LogP contribution in [0.5, 0.6) is 0 Å². The van der Waals surface area contributed by atoms with Crippen molar-refractivity contribution in [1.29, 1.82) is 0 Å².